The van der Waals surface area contributed by atoms with Gasteiger partial charge < -0.3 is 11.5 Å². The van der Waals surface area contributed by atoms with Crippen LogP contribution in [0.3, 0.4) is 0 Å². The van der Waals surface area contributed by atoms with Crippen LogP contribution in [-0.4, -0.2) is 27.2 Å². The van der Waals surface area contributed by atoms with Crippen molar-refractivity contribution in [1.82, 2.24) is 15.0 Å². The number of benzene rings is 1. The number of nitrogens with two attached hydrogens (primary N) is 2. The molecular weight excluding hydrogens is 218 g/mol. The van der Waals surface area contributed by atoms with Crippen molar-refractivity contribution < 1.29 is 0 Å². The van der Waals surface area contributed by atoms with E-state index in [4.69, 9.17) is 11.5 Å². The van der Waals surface area contributed by atoms with Crippen molar-refractivity contribution in [2.75, 3.05) is 0 Å². The molecule has 86 valence electrons. The lowest BCUT2D eigenvalue weighted by Crippen LogP contribution is -2.21. The van der Waals surface area contributed by atoms with E-state index in [1.165, 1.54) is 11.0 Å². The number of hydrogen-bond acceptors (Lipinski definition) is 4. The fourth-order valence-electron chi connectivity index (χ4n) is 1.17. The molecule has 0 amide bonds. The molecule has 0 aliphatic heterocycles. The number of hydrogen-bond donors (Lipinski definition) is 2. The molecule has 0 spiro atoms. The number of rotatable bonds is 3. The molecule has 0 bridgehead atoms. The Bertz CT molecular complexity index is 537. The minimum absolute atomic E-state index is 0.100. The number of aromatic nitrogens is 3. The molecule has 1 aromatic heterocycles. The third kappa shape index (κ3) is 2.88. The van der Waals surface area contributed by atoms with Crippen molar-refractivity contribution in [3.63, 3.8) is 0 Å². The highest BCUT2D eigenvalue weighted by Gasteiger charge is 1.99. The Balaban J connectivity index is 2.17. The summed E-state index contributed by atoms with van der Waals surface area (Å²) < 4.78 is 0. The highest BCUT2D eigenvalue weighted by Crippen LogP contribution is 2.03. The smallest absolute Gasteiger partial charge is 0.211 e. The van der Waals surface area contributed by atoms with Crippen molar-refractivity contribution >= 4 is 12.2 Å². The van der Waals surface area contributed by atoms with Gasteiger partial charge in [-0.25, -0.2) is 0 Å². The monoisotopic (exact) mass is 229 g/mol. The van der Waals surface area contributed by atoms with Crippen molar-refractivity contribution in [3.8, 4) is 5.69 Å². The summed E-state index contributed by atoms with van der Waals surface area (Å²) in [5, 5.41) is 15.4. The summed E-state index contributed by atoms with van der Waals surface area (Å²) in [5.74, 6) is -0.100. The van der Waals surface area contributed by atoms with E-state index in [1.54, 1.807) is 6.20 Å². The van der Waals surface area contributed by atoms with Gasteiger partial charge in [0, 0.05) is 0 Å². The summed E-state index contributed by atoms with van der Waals surface area (Å²) in [6, 6.07) is 9.54. The summed E-state index contributed by atoms with van der Waals surface area (Å²) >= 11 is 0. The quantitative estimate of drug-likeness (QED) is 0.434. The van der Waals surface area contributed by atoms with Gasteiger partial charge in [0.1, 0.15) is 5.69 Å². The lowest BCUT2D eigenvalue weighted by atomic mass is 10.3. The van der Waals surface area contributed by atoms with E-state index in [9.17, 15) is 0 Å². The lowest BCUT2D eigenvalue weighted by molar-refractivity contribution is 0.751. The van der Waals surface area contributed by atoms with Crippen LogP contribution in [0.25, 0.3) is 5.69 Å². The molecule has 1 heterocycles. The Hall–Kier alpha value is -2.70. The van der Waals surface area contributed by atoms with Gasteiger partial charge in [0.2, 0.25) is 5.96 Å². The molecule has 0 aliphatic rings. The Morgan fingerprint density at radius 3 is 2.71 bits per heavy atom. The molecule has 7 nitrogen and oxygen atoms in total. The standard InChI is InChI=1S/C10H11N7/c11-10(12)15-13-6-8-7-14-17(16-8)9-4-2-1-3-5-9/h1-7H,(H4,11,12,15). The first kappa shape index (κ1) is 10.8. The molecule has 0 fully saturated rings. The summed E-state index contributed by atoms with van der Waals surface area (Å²) in [6.07, 6.45) is 2.99. The third-order valence-electron chi connectivity index (χ3n) is 1.86. The van der Waals surface area contributed by atoms with Gasteiger partial charge in [-0.3, -0.25) is 0 Å². The van der Waals surface area contributed by atoms with E-state index in [0.29, 0.717) is 5.69 Å². The molecule has 0 saturated heterocycles. The zero-order valence-corrected chi connectivity index (χ0v) is 8.93. The molecule has 0 saturated carbocycles. The highest BCUT2D eigenvalue weighted by atomic mass is 15.5. The van der Waals surface area contributed by atoms with Crippen molar-refractivity contribution in [1.29, 1.82) is 0 Å². The molecule has 4 N–H and O–H groups in total. The fraction of sp³-hybridized carbons (Fsp3) is 0. The van der Waals surface area contributed by atoms with Gasteiger partial charge in [-0.1, -0.05) is 18.2 Å². The van der Waals surface area contributed by atoms with Gasteiger partial charge in [-0.15, -0.1) is 10.2 Å². The molecule has 0 atom stereocenters. The number of nitrogens with zero attached hydrogens (tertiary/aromatic N) is 5. The predicted molar refractivity (Wildman–Crippen MR) is 64.8 cm³/mol. The van der Waals surface area contributed by atoms with E-state index < -0.39 is 0 Å². The van der Waals surface area contributed by atoms with Crippen LogP contribution >= 0.6 is 0 Å². The average Bonchev–Trinajstić information content (AvgIpc) is 2.78. The van der Waals surface area contributed by atoms with Crippen molar-refractivity contribution in [3.05, 3.63) is 42.2 Å². The van der Waals surface area contributed by atoms with Gasteiger partial charge in [-0.2, -0.15) is 15.0 Å². The first-order valence-corrected chi connectivity index (χ1v) is 4.85. The Kier molecular flexibility index (Phi) is 3.10. The minimum atomic E-state index is -0.100. The third-order valence-corrected chi connectivity index (χ3v) is 1.86. The summed E-state index contributed by atoms with van der Waals surface area (Å²) in [4.78, 5) is 1.50. The highest BCUT2D eigenvalue weighted by molar-refractivity contribution is 5.79. The maximum Gasteiger partial charge on any atom is 0.211 e. The maximum absolute atomic E-state index is 5.13. The second-order valence-electron chi connectivity index (χ2n) is 3.16. The maximum atomic E-state index is 5.13. The van der Waals surface area contributed by atoms with Gasteiger partial charge >= 0.3 is 0 Å². The SMILES string of the molecule is NC(N)=NN=Cc1cnn(-c2ccccc2)n1. The molecule has 7 heteroatoms. The van der Waals surface area contributed by atoms with Crippen LogP contribution in [-0.2, 0) is 0 Å². The Labute approximate surface area is 97.5 Å². The molecule has 0 aliphatic carbocycles. The summed E-state index contributed by atoms with van der Waals surface area (Å²) in [6.45, 7) is 0. The van der Waals surface area contributed by atoms with Crippen LogP contribution in [0, 0.1) is 0 Å². The first-order chi connectivity index (χ1) is 8.25. The molecule has 0 radical (unpaired) electrons. The minimum Gasteiger partial charge on any atom is -0.369 e. The predicted octanol–water partition coefficient (Wildman–Crippen LogP) is -0.125. The van der Waals surface area contributed by atoms with Crippen LogP contribution < -0.4 is 11.5 Å². The zero-order chi connectivity index (χ0) is 12.1. The van der Waals surface area contributed by atoms with E-state index in [2.05, 4.69) is 20.4 Å². The molecular formula is C10H11N7. The van der Waals surface area contributed by atoms with Gasteiger partial charge in [0.15, 0.2) is 0 Å². The van der Waals surface area contributed by atoms with E-state index in [0.717, 1.165) is 5.69 Å². The summed E-state index contributed by atoms with van der Waals surface area (Å²) in [5.41, 5.74) is 11.7. The normalized spacial score (nSPS) is 10.6. The zero-order valence-electron chi connectivity index (χ0n) is 8.93. The molecule has 1 aromatic carbocycles. The number of para-hydroxylation sites is 1. The van der Waals surface area contributed by atoms with Gasteiger partial charge in [0.05, 0.1) is 18.1 Å². The van der Waals surface area contributed by atoms with E-state index in [-0.39, 0.29) is 5.96 Å². The van der Waals surface area contributed by atoms with Crippen LogP contribution in [0.2, 0.25) is 0 Å². The van der Waals surface area contributed by atoms with Crippen molar-refractivity contribution in [2.24, 2.45) is 21.7 Å². The number of guanidine groups is 1. The largest absolute Gasteiger partial charge is 0.369 e. The Morgan fingerprint density at radius 1 is 1.24 bits per heavy atom. The topological polar surface area (TPSA) is 107 Å². The molecule has 2 aromatic rings. The van der Waals surface area contributed by atoms with Crippen LogP contribution in [0.5, 0.6) is 0 Å². The Morgan fingerprint density at radius 2 is 2.00 bits per heavy atom. The van der Waals surface area contributed by atoms with Crippen LogP contribution in [0.15, 0.2) is 46.7 Å². The first-order valence-electron chi connectivity index (χ1n) is 4.85. The van der Waals surface area contributed by atoms with Crippen LogP contribution in [0.4, 0.5) is 0 Å². The van der Waals surface area contributed by atoms with E-state index >= 15 is 0 Å². The van der Waals surface area contributed by atoms with E-state index in [1.807, 2.05) is 30.3 Å². The second kappa shape index (κ2) is 4.88. The lowest BCUT2D eigenvalue weighted by Gasteiger charge is -1.96. The molecule has 17 heavy (non-hydrogen) atoms. The van der Waals surface area contributed by atoms with Crippen LogP contribution in [0.1, 0.15) is 5.69 Å². The molecule has 2 rings (SSSR count). The van der Waals surface area contributed by atoms with Gasteiger partial charge in [0.25, 0.3) is 0 Å². The van der Waals surface area contributed by atoms with Crippen molar-refractivity contribution in [2.45, 2.75) is 0 Å². The molecule has 0 unspecified atom stereocenters. The summed E-state index contributed by atoms with van der Waals surface area (Å²) in [7, 11) is 0. The second-order valence-corrected chi connectivity index (χ2v) is 3.16. The fourth-order valence-corrected chi connectivity index (χ4v) is 1.17. The average molecular weight is 229 g/mol. The van der Waals surface area contributed by atoms with Gasteiger partial charge in [-0.05, 0) is 12.1 Å².